The molecule has 14 heavy (non-hydrogen) atoms. The van der Waals surface area contributed by atoms with Gasteiger partial charge in [-0.05, 0) is 25.2 Å². The largest absolute Gasteiger partial charge is 0.319 e. The second kappa shape index (κ2) is 5.71. The van der Waals surface area contributed by atoms with Crippen LogP contribution in [0, 0.1) is 0 Å². The van der Waals surface area contributed by atoms with Crippen LogP contribution in [0.2, 0.25) is 10.0 Å². The highest BCUT2D eigenvalue weighted by molar-refractivity contribution is 7.85. The van der Waals surface area contributed by atoms with Gasteiger partial charge in [-0.25, -0.2) is 0 Å². The van der Waals surface area contributed by atoms with E-state index in [1.807, 2.05) is 7.05 Å². The van der Waals surface area contributed by atoms with E-state index < -0.39 is 10.8 Å². The van der Waals surface area contributed by atoms with Gasteiger partial charge >= 0.3 is 0 Å². The molecule has 0 fully saturated rings. The molecule has 1 aromatic rings. The molecule has 0 amide bonds. The summed E-state index contributed by atoms with van der Waals surface area (Å²) >= 11 is 11.6. The summed E-state index contributed by atoms with van der Waals surface area (Å²) < 4.78 is 11.6. The number of nitrogens with one attached hydrogen (secondary N) is 1. The monoisotopic (exact) mass is 251 g/mol. The molecule has 0 aliphatic heterocycles. The highest BCUT2D eigenvalue weighted by Gasteiger charge is 2.05. The Kier molecular flexibility index (Phi) is 4.89. The van der Waals surface area contributed by atoms with Crippen LogP contribution in [0.1, 0.15) is 0 Å². The summed E-state index contributed by atoms with van der Waals surface area (Å²) in [5.41, 5.74) is 0. The molecular formula is C9H11Cl2NOS. The van der Waals surface area contributed by atoms with Crippen LogP contribution in [0.3, 0.4) is 0 Å². The first-order valence-corrected chi connectivity index (χ1v) is 6.20. The normalized spacial score (nSPS) is 12.8. The summed E-state index contributed by atoms with van der Waals surface area (Å²) in [7, 11) is 0.818. The van der Waals surface area contributed by atoms with Gasteiger partial charge in [-0.3, -0.25) is 4.21 Å². The lowest BCUT2D eigenvalue weighted by atomic mass is 10.4. The zero-order chi connectivity index (χ0) is 10.6. The number of halogens is 2. The molecule has 1 aromatic carbocycles. The van der Waals surface area contributed by atoms with Crippen molar-refractivity contribution in [3.8, 4) is 0 Å². The van der Waals surface area contributed by atoms with Gasteiger partial charge in [0, 0.05) is 17.2 Å². The molecule has 0 aliphatic carbocycles. The average Bonchev–Trinajstić information content (AvgIpc) is 2.18. The van der Waals surface area contributed by atoms with Gasteiger partial charge in [-0.15, -0.1) is 0 Å². The standard InChI is InChI=1S/C9H11Cl2NOS/c1-12-4-5-14(13)7-2-3-8(10)9(11)6-7/h2-3,6,12H,4-5H2,1H3. The maximum absolute atomic E-state index is 11.6. The Morgan fingerprint density at radius 3 is 2.64 bits per heavy atom. The Morgan fingerprint density at radius 2 is 2.07 bits per heavy atom. The molecule has 0 saturated carbocycles. The molecule has 5 heteroatoms. The topological polar surface area (TPSA) is 29.1 Å². The molecule has 2 nitrogen and oxygen atoms in total. The molecule has 0 spiro atoms. The Bertz CT molecular complexity index is 344. The number of hydrogen-bond donors (Lipinski definition) is 1. The summed E-state index contributed by atoms with van der Waals surface area (Å²) in [6.07, 6.45) is 0. The lowest BCUT2D eigenvalue weighted by Gasteiger charge is -2.03. The Balaban J connectivity index is 2.76. The molecule has 1 unspecified atom stereocenters. The van der Waals surface area contributed by atoms with Gasteiger partial charge in [0.1, 0.15) is 0 Å². The van der Waals surface area contributed by atoms with Gasteiger partial charge in [0.15, 0.2) is 0 Å². The van der Waals surface area contributed by atoms with Crippen LogP contribution in [0.4, 0.5) is 0 Å². The van der Waals surface area contributed by atoms with E-state index in [4.69, 9.17) is 23.2 Å². The van der Waals surface area contributed by atoms with E-state index in [1.165, 1.54) is 0 Å². The fraction of sp³-hybridized carbons (Fsp3) is 0.333. The van der Waals surface area contributed by atoms with E-state index in [0.717, 1.165) is 4.90 Å². The smallest absolute Gasteiger partial charge is 0.0604 e. The number of benzene rings is 1. The third-order valence-electron chi connectivity index (χ3n) is 1.69. The van der Waals surface area contributed by atoms with Crippen LogP contribution in [0.25, 0.3) is 0 Å². The van der Waals surface area contributed by atoms with Crippen molar-refractivity contribution in [3.63, 3.8) is 0 Å². The number of hydrogen-bond acceptors (Lipinski definition) is 2. The van der Waals surface area contributed by atoms with Gasteiger partial charge in [-0.2, -0.15) is 0 Å². The van der Waals surface area contributed by atoms with Crippen molar-refractivity contribution in [2.75, 3.05) is 19.3 Å². The van der Waals surface area contributed by atoms with Crippen LogP contribution in [-0.2, 0) is 10.8 Å². The van der Waals surface area contributed by atoms with Crippen molar-refractivity contribution in [1.82, 2.24) is 5.32 Å². The van der Waals surface area contributed by atoms with Gasteiger partial charge in [0.05, 0.1) is 20.8 Å². The van der Waals surface area contributed by atoms with Gasteiger partial charge < -0.3 is 5.32 Å². The Labute approximate surface area is 96.1 Å². The Morgan fingerprint density at radius 1 is 1.36 bits per heavy atom. The van der Waals surface area contributed by atoms with Crippen molar-refractivity contribution in [3.05, 3.63) is 28.2 Å². The molecular weight excluding hydrogens is 241 g/mol. The van der Waals surface area contributed by atoms with E-state index >= 15 is 0 Å². The van der Waals surface area contributed by atoms with Crippen LogP contribution in [0.5, 0.6) is 0 Å². The van der Waals surface area contributed by atoms with Crippen LogP contribution in [0.15, 0.2) is 23.1 Å². The summed E-state index contributed by atoms with van der Waals surface area (Å²) in [6, 6.07) is 5.05. The van der Waals surface area contributed by atoms with E-state index in [-0.39, 0.29) is 0 Å². The summed E-state index contributed by atoms with van der Waals surface area (Å²) in [4.78, 5) is 0.717. The number of rotatable bonds is 4. The van der Waals surface area contributed by atoms with Gasteiger partial charge in [-0.1, -0.05) is 23.2 Å². The van der Waals surface area contributed by atoms with Crippen molar-refractivity contribution < 1.29 is 4.21 Å². The first-order valence-electron chi connectivity index (χ1n) is 4.13. The van der Waals surface area contributed by atoms with E-state index in [0.29, 0.717) is 22.3 Å². The molecule has 0 aromatic heterocycles. The zero-order valence-electron chi connectivity index (χ0n) is 7.72. The molecule has 78 valence electrons. The van der Waals surface area contributed by atoms with Crippen molar-refractivity contribution in [2.45, 2.75) is 4.90 Å². The predicted octanol–water partition coefficient (Wildman–Crippen LogP) is 2.32. The van der Waals surface area contributed by atoms with E-state index in [9.17, 15) is 4.21 Å². The van der Waals surface area contributed by atoms with E-state index in [1.54, 1.807) is 18.2 Å². The zero-order valence-corrected chi connectivity index (χ0v) is 10.0. The molecule has 1 rings (SSSR count). The summed E-state index contributed by atoms with van der Waals surface area (Å²) in [5, 5.41) is 3.88. The van der Waals surface area contributed by atoms with Crippen molar-refractivity contribution in [1.29, 1.82) is 0 Å². The maximum Gasteiger partial charge on any atom is 0.0604 e. The SMILES string of the molecule is CNCCS(=O)c1ccc(Cl)c(Cl)c1. The molecule has 0 heterocycles. The fourth-order valence-corrected chi connectivity index (χ4v) is 2.39. The maximum atomic E-state index is 11.6. The van der Waals surface area contributed by atoms with E-state index in [2.05, 4.69) is 5.32 Å². The highest BCUT2D eigenvalue weighted by Crippen LogP contribution is 2.23. The minimum atomic E-state index is -1.01. The molecule has 0 bridgehead atoms. The molecule has 0 saturated heterocycles. The molecule has 1 atom stereocenters. The van der Waals surface area contributed by atoms with Crippen molar-refractivity contribution in [2.24, 2.45) is 0 Å². The molecule has 0 radical (unpaired) electrons. The second-order valence-electron chi connectivity index (χ2n) is 2.73. The van der Waals surface area contributed by atoms with Crippen LogP contribution >= 0.6 is 23.2 Å². The lowest BCUT2D eigenvalue weighted by molar-refractivity contribution is 0.680. The van der Waals surface area contributed by atoms with Crippen LogP contribution in [-0.4, -0.2) is 23.6 Å². The lowest BCUT2D eigenvalue weighted by Crippen LogP contribution is -2.15. The highest BCUT2D eigenvalue weighted by atomic mass is 35.5. The quantitative estimate of drug-likeness (QED) is 0.891. The summed E-state index contributed by atoms with van der Waals surface area (Å²) in [6.45, 7) is 0.715. The van der Waals surface area contributed by atoms with Crippen molar-refractivity contribution >= 4 is 34.0 Å². The third-order valence-corrected chi connectivity index (χ3v) is 3.79. The fourth-order valence-electron chi connectivity index (χ4n) is 0.931. The average molecular weight is 252 g/mol. The minimum Gasteiger partial charge on any atom is -0.319 e. The summed E-state index contributed by atoms with van der Waals surface area (Å²) in [5.74, 6) is 0.578. The second-order valence-corrected chi connectivity index (χ2v) is 5.11. The van der Waals surface area contributed by atoms with Gasteiger partial charge in [0.25, 0.3) is 0 Å². The predicted molar refractivity (Wildman–Crippen MR) is 61.7 cm³/mol. The first-order chi connectivity index (χ1) is 6.65. The van der Waals surface area contributed by atoms with Gasteiger partial charge in [0.2, 0.25) is 0 Å². The Hall–Kier alpha value is -0.0900. The third kappa shape index (κ3) is 3.24. The molecule has 1 N–H and O–H groups in total. The first kappa shape index (κ1) is 12.0. The molecule has 0 aliphatic rings. The van der Waals surface area contributed by atoms with Crippen LogP contribution < -0.4 is 5.32 Å². The minimum absolute atomic E-state index is 0.446.